The predicted octanol–water partition coefficient (Wildman–Crippen LogP) is 2.45. The molecule has 0 saturated carbocycles. The number of nitriles is 1. The lowest BCUT2D eigenvalue weighted by Gasteiger charge is -2.05. The molecule has 0 unspecified atom stereocenters. The van der Waals surface area contributed by atoms with Gasteiger partial charge in [-0.15, -0.1) is 11.8 Å². The molecule has 0 atom stereocenters. The standard InChI is InChI=1S/C13H13N3O2S/c1-7-4-12(17)15-13(10(7)5-14)19-6-11-8(2)16-18-9(11)3/h4H,6H2,1-3H3,(H,15,17). The molecule has 5 nitrogen and oxygen atoms in total. The Kier molecular flexibility index (Phi) is 3.76. The minimum absolute atomic E-state index is 0.197. The Balaban J connectivity index is 2.30. The maximum absolute atomic E-state index is 11.5. The van der Waals surface area contributed by atoms with E-state index in [0.717, 1.165) is 17.0 Å². The fourth-order valence-corrected chi connectivity index (χ4v) is 2.98. The summed E-state index contributed by atoms with van der Waals surface area (Å²) in [7, 11) is 0. The summed E-state index contributed by atoms with van der Waals surface area (Å²) >= 11 is 1.41. The van der Waals surface area contributed by atoms with Crippen molar-refractivity contribution in [3.8, 4) is 6.07 Å². The quantitative estimate of drug-likeness (QED) is 0.870. The second-order valence-electron chi connectivity index (χ2n) is 4.22. The zero-order valence-electron chi connectivity index (χ0n) is 10.9. The predicted molar refractivity (Wildman–Crippen MR) is 72.1 cm³/mol. The van der Waals surface area contributed by atoms with Gasteiger partial charge in [0.25, 0.3) is 0 Å². The highest BCUT2D eigenvalue weighted by Crippen LogP contribution is 2.27. The number of pyridine rings is 1. The molecule has 0 aliphatic carbocycles. The van der Waals surface area contributed by atoms with Crippen LogP contribution >= 0.6 is 11.8 Å². The van der Waals surface area contributed by atoms with Gasteiger partial charge in [0.05, 0.1) is 16.3 Å². The van der Waals surface area contributed by atoms with Crippen LogP contribution in [0.5, 0.6) is 0 Å². The van der Waals surface area contributed by atoms with Gasteiger partial charge in [-0.2, -0.15) is 5.26 Å². The normalized spacial score (nSPS) is 10.4. The Bertz CT molecular complexity index is 690. The van der Waals surface area contributed by atoms with Gasteiger partial charge in [-0.1, -0.05) is 5.16 Å². The largest absolute Gasteiger partial charge is 0.361 e. The third-order valence-corrected chi connectivity index (χ3v) is 3.89. The first kappa shape index (κ1) is 13.4. The van der Waals surface area contributed by atoms with E-state index in [1.807, 2.05) is 13.8 Å². The van der Waals surface area contributed by atoms with Crippen molar-refractivity contribution < 1.29 is 4.52 Å². The molecule has 0 radical (unpaired) electrons. The second-order valence-corrected chi connectivity index (χ2v) is 5.21. The summed E-state index contributed by atoms with van der Waals surface area (Å²) in [6, 6.07) is 3.55. The van der Waals surface area contributed by atoms with Crippen molar-refractivity contribution in [2.24, 2.45) is 0 Å². The van der Waals surface area contributed by atoms with Gasteiger partial charge in [0.1, 0.15) is 11.8 Å². The van der Waals surface area contributed by atoms with E-state index >= 15 is 0 Å². The van der Waals surface area contributed by atoms with Crippen LogP contribution in [0, 0.1) is 32.1 Å². The van der Waals surface area contributed by atoms with Crippen LogP contribution in [0.15, 0.2) is 20.4 Å². The Hall–Kier alpha value is -2.00. The Morgan fingerprint density at radius 2 is 2.21 bits per heavy atom. The van der Waals surface area contributed by atoms with E-state index in [2.05, 4.69) is 16.2 Å². The van der Waals surface area contributed by atoms with Gasteiger partial charge in [-0.3, -0.25) is 4.79 Å². The third-order valence-electron chi connectivity index (χ3n) is 2.86. The van der Waals surface area contributed by atoms with Crippen LogP contribution in [0.25, 0.3) is 0 Å². The molecule has 6 heteroatoms. The van der Waals surface area contributed by atoms with Gasteiger partial charge in [0.2, 0.25) is 5.56 Å². The molecule has 2 aromatic heterocycles. The molecule has 2 aromatic rings. The van der Waals surface area contributed by atoms with Gasteiger partial charge in [-0.05, 0) is 26.3 Å². The summed E-state index contributed by atoms with van der Waals surface area (Å²) < 4.78 is 5.09. The Labute approximate surface area is 114 Å². The molecule has 0 amide bonds. The number of H-pyrrole nitrogens is 1. The topological polar surface area (TPSA) is 82.7 Å². The fraction of sp³-hybridized carbons (Fsp3) is 0.308. The highest BCUT2D eigenvalue weighted by molar-refractivity contribution is 7.98. The number of nitrogens with one attached hydrogen (secondary N) is 1. The summed E-state index contributed by atoms with van der Waals surface area (Å²) in [4.78, 5) is 14.2. The first-order valence-electron chi connectivity index (χ1n) is 5.71. The van der Waals surface area contributed by atoms with Crippen molar-refractivity contribution in [1.29, 1.82) is 5.26 Å². The van der Waals surface area contributed by atoms with Gasteiger partial charge in [-0.25, -0.2) is 0 Å². The fourth-order valence-electron chi connectivity index (χ4n) is 1.76. The number of hydrogen-bond donors (Lipinski definition) is 1. The number of aromatic nitrogens is 2. The summed E-state index contributed by atoms with van der Waals surface area (Å²) in [6.45, 7) is 5.48. The van der Waals surface area contributed by atoms with Gasteiger partial charge >= 0.3 is 0 Å². The second kappa shape index (κ2) is 5.33. The van der Waals surface area contributed by atoms with E-state index in [4.69, 9.17) is 9.78 Å². The first-order valence-corrected chi connectivity index (χ1v) is 6.70. The number of rotatable bonds is 3. The minimum Gasteiger partial charge on any atom is -0.361 e. The summed E-state index contributed by atoms with van der Waals surface area (Å²) in [5.41, 5.74) is 2.83. The Morgan fingerprint density at radius 1 is 1.47 bits per heavy atom. The molecule has 98 valence electrons. The van der Waals surface area contributed by atoms with Crippen molar-refractivity contribution in [3.05, 3.63) is 44.6 Å². The van der Waals surface area contributed by atoms with Crippen molar-refractivity contribution in [2.75, 3.05) is 0 Å². The van der Waals surface area contributed by atoms with E-state index in [-0.39, 0.29) is 5.56 Å². The molecule has 0 aliphatic heterocycles. The SMILES string of the molecule is Cc1cc(=O)[nH]c(SCc2c(C)noc2C)c1C#N. The van der Waals surface area contributed by atoms with E-state index in [1.165, 1.54) is 17.8 Å². The molecule has 0 bridgehead atoms. The number of nitrogens with zero attached hydrogens (tertiary/aromatic N) is 2. The minimum atomic E-state index is -0.197. The van der Waals surface area contributed by atoms with Crippen molar-refractivity contribution in [2.45, 2.75) is 31.6 Å². The average molecular weight is 275 g/mol. The monoisotopic (exact) mass is 275 g/mol. The van der Waals surface area contributed by atoms with Crippen molar-refractivity contribution >= 4 is 11.8 Å². The van der Waals surface area contributed by atoms with Gasteiger partial charge < -0.3 is 9.51 Å². The molecule has 2 rings (SSSR count). The molecule has 2 heterocycles. The van der Waals surface area contributed by atoms with Crippen LogP contribution in [-0.4, -0.2) is 10.1 Å². The average Bonchev–Trinajstić information content (AvgIpc) is 2.66. The number of aromatic amines is 1. The summed E-state index contributed by atoms with van der Waals surface area (Å²) in [5.74, 6) is 1.37. The van der Waals surface area contributed by atoms with Crippen molar-refractivity contribution in [3.63, 3.8) is 0 Å². The maximum Gasteiger partial charge on any atom is 0.249 e. The van der Waals surface area contributed by atoms with Gasteiger partial charge in [0.15, 0.2) is 0 Å². The maximum atomic E-state index is 11.5. The van der Waals surface area contributed by atoms with E-state index in [1.54, 1.807) is 6.92 Å². The Morgan fingerprint density at radius 3 is 2.79 bits per heavy atom. The molecule has 0 spiro atoms. The first-order chi connectivity index (χ1) is 9.02. The van der Waals surface area contributed by atoms with Crippen LogP contribution in [0.3, 0.4) is 0 Å². The van der Waals surface area contributed by atoms with Crippen LogP contribution in [0.1, 0.15) is 28.1 Å². The summed E-state index contributed by atoms with van der Waals surface area (Å²) in [6.07, 6.45) is 0. The van der Waals surface area contributed by atoms with Crippen LogP contribution in [0.4, 0.5) is 0 Å². The van der Waals surface area contributed by atoms with Gasteiger partial charge in [0, 0.05) is 17.4 Å². The molecule has 0 aromatic carbocycles. The molecule has 0 aliphatic rings. The van der Waals surface area contributed by atoms with Crippen LogP contribution in [-0.2, 0) is 5.75 Å². The third kappa shape index (κ3) is 2.71. The highest BCUT2D eigenvalue weighted by atomic mass is 32.2. The molecule has 0 fully saturated rings. The number of hydrogen-bond acceptors (Lipinski definition) is 5. The molecule has 19 heavy (non-hydrogen) atoms. The van der Waals surface area contributed by atoms with E-state index in [0.29, 0.717) is 21.9 Å². The number of aryl methyl sites for hydroxylation is 3. The lowest BCUT2D eigenvalue weighted by atomic mass is 10.2. The van der Waals surface area contributed by atoms with Crippen LogP contribution in [0.2, 0.25) is 0 Å². The molecule has 0 saturated heterocycles. The van der Waals surface area contributed by atoms with E-state index < -0.39 is 0 Å². The molecular weight excluding hydrogens is 262 g/mol. The van der Waals surface area contributed by atoms with E-state index in [9.17, 15) is 4.79 Å². The lowest BCUT2D eigenvalue weighted by molar-refractivity contribution is 0.392. The smallest absolute Gasteiger partial charge is 0.249 e. The lowest BCUT2D eigenvalue weighted by Crippen LogP contribution is -2.08. The molecule has 1 N–H and O–H groups in total. The zero-order chi connectivity index (χ0) is 14.0. The highest BCUT2D eigenvalue weighted by Gasteiger charge is 2.12. The zero-order valence-corrected chi connectivity index (χ0v) is 11.7. The van der Waals surface area contributed by atoms with Crippen molar-refractivity contribution in [1.82, 2.24) is 10.1 Å². The summed E-state index contributed by atoms with van der Waals surface area (Å²) in [5, 5.41) is 13.6. The number of thioether (sulfide) groups is 1. The molecular formula is C13H13N3O2S. The van der Waals surface area contributed by atoms with Crippen LogP contribution < -0.4 is 5.56 Å².